The molecule has 0 aliphatic rings. The van der Waals surface area contributed by atoms with E-state index in [0.717, 1.165) is 0 Å². The van der Waals surface area contributed by atoms with Crippen molar-refractivity contribution in [2.24, 2.45) is 5.73 Å². The van der Waals surface area contributed by atoms with Crippen molar-refractivity contribution in [3.63, 3.8) is 0 Å². The zero-order chi connectivity index (χ0) is 26.1. The van der Waals surface area contributed by atoms with Gasteiger partial charge in [-0.3, -0.25) is 4.79 Å². The smallest absolute Gasteiger partial charge is 0.490 e. The van der Waals surface area contributed by atoms with E-state index in [1.807, 2.05) is 0 Å². The fourth-order valence-electron chi connectivity index (χ4n) is 2.35. The largest absolute Gasteiger partial charge is 0.497 e. The van der Waals surface area contributed by atoms with Gasteiger partial charge in [-0.1, -0.05) is 30.3 Å². The molecule has 34 heavy (non-hydrogen) atoms. The molecule has 0 fully saturated rings. The first-order valence-corrected chi connectivity index (χ1v) is 10.8. The molecule has 0 aliphatic heterocycles. The van der Waals surface area contributed by atoms with Crippen molar-refractivity contribution in [2.45, 2.75) is 23.2 Å². The highest BCUT2D eigenvalue weighted by Crippen LogP contribution is 2.18. The number of carbonyl (C=O) groups is 3. The molecule has 0 saturated carbocycles. The summed E-state index contributed by atoms with van der Waals surface area (Å²) in [6, 6.07) is 11.1. The first kappa shape index (κ1) is 28.4. The van der Waals surface area contributed by atoms with Gasteiger partial charge in [0.25, 0.3) is 0 Å². The second-order valence-electron chi connectivity index (χ2n) is 6.55. The van der Waals surface area contributed by atoms with Gasteiger partial charge in [0.1, 0.15) is 17.8 Å². The SMILES string of the molecule is COc1ccc(S(=O)(=O)CC(NC(=O)C(N)c2ccccc2)C(=O)O)cc1.O=C(O)C(F)(F)F. The third kappa shape index (κ3) is 8.71. The Morgan fingerprint density at radius 1 is 1.03 bits per heavy atom. The predicted molar refractivity (Wildman–Crippen MR) is 112 cm³/mol. The predicted octanol–water partition coefficient (Wildman–Crippen LogP) is 1.37. The van der Waals surface area contributed by atoms with Gasteiger partial charge in [-0.2, -0.15) is 13.2 Å². The topological polar surface area (TPSA) is 173 Å². The van der Waals surface area contributed by atoms with E-state index in [1.165, 1.54) is 31.4 Å². The normalized spacial score (nSPS) is 13.0. The van der Waals surface area contributed by atoms with Gasteiger partial charge < -0.3 is 26.0 Å². The number of nitrogens with one attached hydrogen (secondary N) is 1. The van der Waals surface area contributed by atoms with Crippen LogP contribution >= 0.6 is 0 Å². The lowest BCUT2D eigenvalue weighted by Gasteiger charge is -2.18. The zero-order valence-corrected chi connectivity index (χ0v) is 18.3. The number of methoxy groups -OCH3 is 1. The van der Waals surface area contributed by atoms with Gasteiger partial charge in [-0.15, -0.1) is 0 Å². The number of aliphatic carboxylic acids is 2. The van der Waals surface area contributed by atoms with Crippen LogP contribution in [0.5, 0.6) is 5.75 Å². The van der Waals surface area contributed by atoms with Crippen molar-refractivity contribution < 1.29 is 50.9 Å². The standard InChI is InChI=1S/C18H20N2O6S.C2HF3O2/c1-26-13-7-9-14(10-8-13)27(24,25)11-15(18(22)23)20-17(21)16(19)12-5-3-2-4-6-12;3-2(4,5)1(6)7/h2-10,15-16H,11,19H2,1H3,(H,20,21)(H,22,23);(H,6,7). The van der Waals surface area contributed by atoms with Crippen molar-refractivity contribution in [1.82, 2.24) is 5.32 Å². The van der Waals surface area contributed by atoms with Crippen molar-refractivity contribution in [1.29, 1.82) is 0 Å². The van der Waals surface area contributed by atoms with E-state index in [2.05, 4.69) is 5.32 Å². The number of ether oxygens (including phenoxy) is 1. The minimum atomic E-state index is -5.08. The quantitative estimate of drug-likeness (QED) is 0.412. The summed E-state index contributed by atoms with van der Waals surface area (Å²) in [5.74, 6) is -5.35. The Balaban J connectivity index is 0.000000718. The van der Waals surface area contributed by atoms with Crippen molar-refractivity contribution in [3.05, 3.63) is 60.2 Å². The molecule has 10 nitrogen and oxygen atoms in total. The van der Waals surface area contributed by atoms with Crippen molar-refractivity contribution in [3.8, 4) is 5.75 Å². The zero-order valence-electron chi connectivity index (χ0n) is 17.5. The molecule has 2 aromatic rings. The molecule has 0 bridgehead atoms. The van der Waals surface area contributed by atoms with Crippen molar-refractivity contribution >= 4 is 27.7 Å². The van der Waals surface area contributed by atoms with Crippen LogP contribution in [-0.4, -0.2) is 61.6 Å². The van der Waals surface area contributed by atoms with Gasteiger partial charge in [-0.05, 0) is 29.8 Å². The summed E-state index contributed by atoms with van der Waals surface area (Å²) in [6.45, 7) is 0. The first-order valence-electron chi connectivity index (χ1n) is 9.19. The van der Waals surface area contributed by atoms with Crippen LogP contribution in [0.15, 0.2) is 59.5 Å². The number of nitrogens with two attached hydrogens (primary N) is 1. The highest BCUT2D eigenvalue weighted by atomic mass is 32.2. The molecular weight excluding hydrogens is 485 g/mol. The Labute approximate surface area is 192 Å². The van der Waals surface area contributed by atoms with Crippen molar-refractivity contribution in [2.75, 3.05) is 12.9 Å². The number of rotatable bonds is 8. The number of halogens is 3. The molecule has 2 rings (SSSR count). The Morgan fingerprint density at radius 3 is 1.94 bits per heavy atom. The minimum absolute atomic E-state index is 0.0730. The highest BCUT2D eigenvalue weighted by molar-refractivity contribution is 7.91. The van der Waals surface area contributed by atoms with Crippen LogP contribution in [0, 0.1) is 0 Å². The fraction of sp³-hybridized carbons (Fsp3) is 0.250. The van der Waals surface area contributed by atoms with E-state index in [1.54, 1.807) is 30.3 Å². The number of hydrogen-bond acceptors (Lipinski definition) is 7. The molecule has 0 aliphatic carbocycles. The molecular formula is C20H21F3N2O8S. The van der Waals surface area contributed by atoms with Gasteiger partial charge in [0.2, 0.25) is 5.91 Å². The molecule has 0 aromatic heterocycles. The third-order valence-corrected chi connectivity index (χ3v) is 5.87. The van der Waals surface area contributed by atoms with Crippen LogP contribution in [0.2, 0.25) is 0 Å². The van der Waals surface area contributed by atoms with E-state index >= 15 is 0 Å². The summed E-state index contributed by atoms with van der Waals surface area (Å²) in [6.07, 6.45) is -5.08. The maximum absolute atomic E-state index is 12.5. The molecule has 0 heterocycles. The molecule has 186 valence electrons. The van der Waals surface area contributed by atoms with Crippen LogP contribution in [-0.2, 0) is 24.2 Å². The number of benzene rings is 2. The maximum atomic E-state index is 12.5. The van der Waals surface area contributed by atoms with Crippen LogP contribution < -0.4 is 15.8 Å². The second-order valence-corrected chi connectivity index (χ2v) is 8.58. The summed E-state index contributed by atoms with van der Waals surface area (Å²) in [4.78, 5) is 32.5. The average Bonchev–Trinajstić information content (AvgIpc) is 2.78. The molecule has 0 spiro atoms. The number of hydrogen-bond donors (Lipinski definition) is 4. The Kier molecular flexibility index (Phi) is 10.0. The first-order chi connectivity index (χ1) is 15.7. The fourth-order valence-corrected chi connectivity index (χ4v) is 3.75. The molecule has 0 radical (unpaired) electrons. The number of carboxylic acids is 2. The van der Waals surface area contributed by atoms with Crippen LogP contribution in [0.25, 0.3) is 0 Å². The number of carboxylic acid groups (broad SMARTS) is 2. The number of sulfone groups is 1. The maximum Gasteiger partial charge on any atom is 0.490 e. The molecule has 0 saturated heterocycles. The summed E-state index contributed by atoms with van der Waals surface area (Å²) in [5, 5.41) is 18.6. The number of amides is 1. The van der Waals surface area contributed by atoms with E-state index in [-0.39, 0.29) is 4.90 Å². The Hall–Kier alpha value is -3.65. The lowest BCUT2D eigenvalue weighted by atomic mass is 10.1. The monoisotopic (exact) mass is 506 g/mol. The van der Waals surface area contributed by atoms with E-state index in [4.69, 9.17) is 20.4 Å². The minimum Gasteiger partial charge on any atom is -0.497 e. The van der Waals surface area contributed by atoms with E-state index < -0.39 is 51.7 Å². The Bertz CT molecular complexity index is 1090. The van der Waals surface area contributed by atoms with Gasteiger partial charge >= 0.3 is 18.1 Å². The van der Waals surface area contributed by atoms with Gasteiger partial charge in [0, 0.05) is 0 Å². The number of carbonyl (C=O) groups excluding carboxylic acids is 1. The molecule has 2 aromatic carbocycles. The third-order valence-electron chi connectivity index (χ3n) is 4.10. The molecule has 1 amide bonds. The van der Waals surface area contributed by atoms with Crippen LogP contribution in [0.3, 0.4) is 0 Å². The molecule has 5 N–H and O–H groups in total. The van der Waals surface area contributed by atoms with Gasteiger partial charge in [0.15, 0.2) is 9.84 Å². The lowest BCUT2D eigenvalue weighted by molar-refractivity contribution is -0.192. The van der Waals surface area contributed by atoms with E-state index in [0.29, 0.717) is 11.3 Å². The van der Waals surface area contributed by atoms with Gasteiger partial charge in [0.05, 0.1) is 17.8 Å². The van der Waals surface area contributed by atoms with Crippen LogP contribution in [0.1, 0.15) is 11.6 Å². The summed E-state index contributed by atoms with van der Waals surface area (Å²) >= 11 is 0. The number of alkyl halides is 3. The lowest BCUT2D eigenvalue weighted by Crippen LogP contribution is -2.48. The molecule has 14 heteroatoms. The summed E-state index contributed by atoms with van der Waals surface area (Å²) < 4.78 is 61.7. The second kappa shape index (κ2) is 12.0. The highest BCUT2D eigenvalue weighted by Gasteiger charge is 2.38. The molecule has 2 atom stereocenters. The average molecular weight is 506 g/mol. The summed E-state index contributed by atoms with van der Waals surface area (Å²) in [5.41, 5.74) is 6.31. The van der Waals surface area contributed by atoms with E-state index in [9.17, 15) is 36.3 Å². The van der Waals surface area contributed by atoms with Crippen LogP contribution in [0.4, 0.5) is 13.2 Å². The Morgan fingerprint density at radius 2 is 1.53 bits per heavy atom. The van der Waals surface area contributed by atoms with Gasteiger partial charge in [-0.25, -0.2) is 18.0 Å². The summed E-state index contributed by atoms with van der Waals surface area (Å²) in [7, 11) is -2.52. The molecule has 2 unspecified atom stereocenters.